The van der Waals surface area contributed by atoms with Crippen LogP contribution in [-0.2, 0) is 16.1 Å². The average Bonchev–Trinajstić information content (AvgIpc) is 3.01. The number of ether oxygens (including phenoxy) is 1. The van der Waals surface area contributed by atoms with Crippen molar-refractivity contribution in [3.05, 3.63) is 36.2 Å². The number of carbonyl (C=O) groups excluding carboxylic acids is 1. The van der Waals surface area contributed by atoms with Crippen molar-refractivity contribution in [2.24, 2.45) is 11.7 Å². The second-order valence-corrected chi connectivity index (χ2v) is 6.38. The maximum atomic E-state index is 11.9. The summed E-state index contributed by atoms with van der Waals surface area (Å²) in [5.74, 6) is -0.0943. The van der Waals surface area contributed by atoms with Gasteiger partial charge in [0.15, 0.2) is 0 Å². The molecular weight excluding hydrogens is 304 g/mol. The number of Topliss-reactive ketones (excluding diaryl/α,β-unsaturated/α-hetero) is 1. The van der Waals surface area contributed by atoms with Gasteiger partial charge in [0.2, 0.25) is 0 Å². The van der Waals surface area contributed by atoms with Crippen molar-refractivity contribution in [3.8, 4) is 11.1 Å². The van der Waals surface area contributed by atoms with Crippen molar-refractivity contribution in [1.82, 2.24) is 9.78 Å². The number of ketones is 1. The summed E-state index contributed by atoms with van der Waals surface area (Å²) in [6.07, 6.45) is 3.83. The van der Waals surface area contributed by atoms with E-state index in [1.165, 1.54) is 0 Å². The van der Waals surface area contributed by atoms with E-state index in [1.54, 1.807) is 14.0 Å². The molecule has 0 bridgehead atoms. The Balaban J connectivity index is 1.91. The van der Waals surface area contributed by atoms with Crippen LogP contribution in [0.3, 0.4) is 0 Å². The third kappa shape index (κ3) is 3.07. The van der Waals surface area contributed by atoms with E-state index in [1.807, 2.05) is 30.1 Å². The molecule has 0 radical (unpaired) electrons. The first-order valence-electron chi connectivity index (χ1n) is 8.19. The zero-order valence-corrected chi connectivity index (χ0v) is 14.3. The molecule has 1 aliphatic rings. The molecule has 6 heteroatoms. The van der Waals surface area contributed by atoms with E-state index >= 15 is 0 Å². The van der Waals surface area contributed by atoms with Crippen LogP contribution < -0.4 is 11.1 Å². The van der Waals surface area contributed by atoms with E-state index in [4.69, 9.17) is 10.5 Å². The van der Waals surface area contributed by atoms with E-state index in [2.05, 4.69) is 22.5 Å². The minimum Gasteiger partial charge on any atom is -0.383 e. The lowest BCUT2D eigenvalue weighted by Crippen LogP contribution is -2.43. The van der Waals surface area contributed by atoms with Crippen molar-refractivity contribution in [2.75, 3.05) is 19.0 Å². The zero-order valence-electron chi connectivity index (χ0n) is 14.3. The van der Waals surface area contributed by atoms with Gasteiger partial charge in [-0.2, -0.15) is 5.10 Å². The highest BCUT2D eigenvalue weighted by atomic mass is 16.5. The monoisotopic (exact) mass is 328 g/mol. The Morgan fingerprint density at radius 3 is 2.92 bits per heavy atom. The second-order valence-electron chi connectivity index (χ2n) is 6.38. The van der Waals surface area contributed by atoms with Crippen LogP contribution in [0.4, 0.5) is 5.69 Å². The highest BCUT2D eigenvalue weighted by molar-refractivity contribution is 5.82. The minimum atomic E-state index is -0.294. The van der Waals surface area contributed by atoms with Gasteiger partial charge >= 0.3 is 0 Å². The highest BCUT2D eigenvalue weighted by Crippen LogP contribution is 2.37. The number of hydrogen-bond acceptors (Lipinski definition) is 5. The molecule has 0 saturated carbocycles. The molecule has 0 saturated heterocycles. The lowest BCUT2D eigenvalue weighted by atomic mass is 9.80. The first kappa shape index (κ1) is 16.7. The predicted molar refractivity (Wildman–Crippen MR) is 93.7 cm³/mol. The molecule has 2 aromatic rings. The van der Waals surface area contributed by atoms with Gasteiger partial charge in [-0.25, -0.2) is 0 Å². The van der Waals surface area contributed by atoms with Gasteiger partial charge in [-0.3, -0.25) is 9.48 Å². The molecular formula is C18H24N4O2. The first-order chi connectivity index (χ1) is 11.5. The normalized spacial score (nSPS) is 22.8. The van der Waals surface area contributed by atoms with Gasteiger partial charge in [0.1, 0.15) is 5.78 Å². The Labute approximate surface area is 142 Å². The molecule has 128 valence electrons. The quantitative estimate of drug-likeness (QED) is 0.879. The molecule has 1 unspecified atom stereocenters. The summed E-state index contributed by atoms with van der Waals surface area (Å²) in [6, 6.07) is 5.89. The van der Waals surface area contributed by atoms with Gasteiger partial charge < -0.3 is 15.8 Å². The minimum absolute atomic E-state index is 0.0349. The van der Waals surface area contributed by atoms with E-state index in [0.29, 0.717) is 13.2 Å². The Morgan fingerprint density at radius 2 is 2.21 bits per heavy atom. The van der Waals surface area contributed by atoms with Gasteiger partial charge in [-0.05, 0) is 37.1 Å². The van der Waals surface area contributed by atoms with Crippen LogP contribution in [-0.4, -0.2) is 35.3 Å². The van der Waals surface area contributed by atoms with Crippen molar-refractivity contribution in [2.45, 2.75) is 32.5 Å². The molecule has 1 aromatic heterocycles. The van der Waals surface area contributed by atoms with Crippen LogP contribution in [0.5, 0.6) is 0 Å². The summed E-state index contributed by atoms with van der Waals surface area (Å²) in [4.78, 5) is 11.9. The van der Waals surface area contributed by atoms with Gasteiger partial charge in [-0.1, -0.05) is 6.07 Å². The number of benzene rings is 1. The van der Waals surface area contributed by atoms with E-state index < -0.39 is 0 Å². The molecule has 2 heterocycles. The third-order valence-corrected chi connectivity index (χ3v) is 4.68. The van der Waals surface area contributed by atoms with Crippen molar-refractivity contribution < 1.29 is 9.53 Å². The number of nitrogens with two attached hydrogens (primary N) is 1. The maximum absolute atomic E-state index is 11.9. The zero-order chi connectivity index (χ0) is 17.3. The standard InChI is InChI=1S/C18H24N4O2/c1-11-17(12(2)23)18(19)15-8-13(4-5-16(15)21-11)14-9-20-22(10-14)6-7-24-3/h4-5,8-11,17-18,21H,6-7,19H2,1-3H3/t11-,17?,18-/m0/s1. The summed E-state index contributed by atoms with van der Waals surface area (Å²) in [5, 5.41) is 7.75. The lowest BCUT2D eigenvalue weighted by molar-refractivity contribution is -0.121. The van der Waals surface area contributed by atoms with Crippen LogP contribution in [0.2, 0.25) is 0 Å². The Morgan fingerprint density at radius 1 is 1.42 bits per heavy atom. The van der Waals surface area contributed by atoms with Crippen molar-refractivity contribution in [1.29, 1.82) is 0 Å². The number of nitrogens with zero attached hydrogens (tertiary/aromatic N) is 2. The molecule has 6 nitrogen and oxygen atoms in total. The van der Waals surface area contributed by atoms with Gasteiger partial charge in [0.25, 0.3) is 0 Å². The molecule has 24 heavy (non-hydrogen) atoms. The summed E-state index contributed by atoms with van der Waals surface area (Å²) in [6.45, 7) is 4.95. The molecule has 1 aliphatic heterocycles. The number of nitrogens with one attached hydrogen (secondary N) is 1. The molecule has 3 rings (SSSR count). The largest absolute Gasteiger partial charge is 0.383 e. The second kappa shape index (κ2) is 6.75. The number of fused-ring (bicyclic) bond motifs is 1. The summed E-state index contributed by atoms with van der Waals surface area (Å²) in [5.41, 5.74) is 10.5. The fourth-order valence-electron chi connectivity index (χ4n) is 3.41. The Bertz CT molecular complexity index is 740. The van der Waals surface area contributed by atoms with Crippen LogP contribution in [0.1, 0.15) is 25.5 Å². The first-order valence-corrected chi connectivity index (χ1v) is 8.19. The molecule has 0 amide bonds. The topological polar surface area (TPSA) is 82.2 Å². The number of hydrogen-bond donors (Lipinski definition) is 2. The summed E-state index contributed by atoms with van der Waals surface area (Å²) >= 11 is 0. The number of anilines is 1. The molecule has 0 aliphatic carbocycles. The summed E-state index contributed by atoms with van der Waals surface area (Å²) in [7, 11) is 1.68. The van der Waals surface area contributed by atoms with Gasteiger partial charge in [-0.15, -0.1) is 0 Å². The smallest absolute Gasteiger partial charge is 0.136 e. The van der Waals surface area contributed by atoms with Crippen LogP contribution >= 0.6 is 0 Å². The third-order valence-electron chi connectivity index (χ3n) is 4.68. The van der Waals surface area contributed by atoms with Gasteiger partial charge in [0, 0.05) is 36.6 Å². The molecule has 1 aromatic carbocycles. The maximum Gasteiger partial charge on any atom is 0.136 e. The van der Waals surface area contributed by atoms with E-state index in [0.717, 1.165) is 22.4 Å². The number of methoxy groups -OCH3 is 1. The van der Waals surface area contributed by atoms with Crippen LogP contribution in [0, 0.1) is 5.92 Å². The SMILES string of the molecule is COCCn1cc(-c2ccc3c(c2)[C@H](N)C(C(C)=O)[C@H](C)N3)cn1. The average molecular weight is 328 g/mol. The number of carbonyl (C=O) groups is 1. The lowest BCUT2D eigenvalue weighted by Gasteiger charge is -2.36. The fourth-order valence-corrected chi connectivity index (χ4v) is 3.41. The summed E-state index contributed by atoms with van der Waals surface area (Å²) < 4.78 is 6.93. The van der Waals surface area contributed by atoms with Crippen molar-refractivity contribution >= 4 is 11.5 Å². The van der Waals surface area contributed by atoms with E-state index in [-0.39, 0.29) is 23.8 Å². The van der Waals surface area contributed by atoms with Gasteiger partial charge in [0.05, 0.1) is 25.3 Å². The number of rotatable bonds is 5. The Hall–Kier alpha value is -2.18. The number of aromatic nitrogens is 2. The fraction of sp³-hybridized carbons (Fsp3) is 0.444. The van der Waals surface area contributed by atoms with Crippen molar-refractivity contribution in [3.63, 3.8) is 0 Å². The molecule has 3 atom stereocenters. The molecule has 0 fully saturated rings. The van der Waals surface area contributed by atoms with Crippen LogP contribution in [0.25, 0.3) is 11.1 Å². The van der Waals surface area contributed by atoms with Crippen LogP contribution in [0.15, 0.2) is 30.6 Å². The Kier molecular flexibility index (Phi) is 4.69. The molecule has 0 spiro atoms. The highest BCUT2D eigenvalue weighted by Gasteiger charge is 2.35. The predicted octanol–water partition coefficient (Wildman–Crippen LogP) is 2.22. The van der Waals surface area contributed by atoms with E-state index in [9.17, 15) is 4.79 Å². The molecule has 3 N–H and O–H groups in total.